The van der Waals surface area contributed by atoms with E-state index in [9.17, 15) is 9.59 Å². The molecule has 0 aliphatic carbocycles. The monoisotopic (exact) mass is 394 g/mol. The van der Waals surface area contributed by atoms with Crippen molar-refractivity contribution in [1.29, 1.82) is 0 Å². The average molecular weight is 395 g/mol. The summed E-state index contributed by atoms with van der Waals surface area (Å²) in [5.41, 5.74) is 1.59. The molecule has 0 amide bonds. The second-order valence-electron chi connectivity index (χ2n) is 5.17. The van der Waals surface area contributed by atoms with Crippen molar-refractivity contribution in [3.8, 4) is 0 Å². The molecule has 6 nitrogen and oxygen atoms in total. The SMILES string of the molecule is O=C(O)[C@H](CS)Nc1ccccc1.O=C(O)[C@H](CS)Nc1ccccc1. The first-order valence-electron chi connectivity index (χ1n) is 7.78. The van der Waals surface area contributed by atoms with Gasteiger partial charge in [0.1, 0.15) is 12.1 Å². The Morgan fingerprint density at radius 3 is 1.27 bits per heavy atom. The van der Waals surface area contributed by atoms with Gasteiger partial charge in [-0.05, 0) is 24.3 Å². The summed E-state index contributed by atoms with van der Waals surface area (Å²) < 4.78 is 0. The molecule has 2 rings (SSSR count). The highest BCUT2D eigenvalue weighted by molar-refractivity contribution is 7.80. The Morgan fingerprint density at radius 2 is 1.04 bits per heavy atom. The number of para-hydroxylation sites is 2. The van der Waals surface area contributed by atoms with Gasteiger partial charge in [-0.1, -0.05) is 36.4 Å². The van der Waals surface area contributed by atoms with Crippen molar-refractivity contribution < 1.29 is 19.8 Å². The van der Waals surface area contributed by atoms with Crippen LogP contribution in [0.15, 0.2) is 60.7 Å². The standard InChI is InChI=1S/2C9H11NO2S/c2*11-9(12)8(6-13)10-7-4-2-1-3-5-7/h2*1-5,8,10,13H,6H2,(H,11,12)/t2*8-/m00/s1. The van der Waals surface area contributed by atoms with Gasteiger partial charge < -0.3 is 20.8 Å². The number of aliphatic carboxylic acids is 2. The van der Waals surface area contributed by atoms with Gasteiger partial charge in [-0.25, -0.2) is 9.59 Å². The van der Waals surface area contributed by atoms with E-state index in [2.05, 4.69) is 35.9 Å². The number of hydrogen-bond acceptors (Lipinski definition) is 6. The van der Waals surface area contributed by atoms with Crippen LogP contribution in [0.2, 0.25) is 0 Å². The zero-order valence-electron chi connectivity index (χ0n) is 13.9. The first-order chi connectivity index (χ1) is 12.5. The number of rotatable bonds is 8. The molecule has 0 bridgehead atoms. The molecule has 0 unspecified atom stereocenters. The van der Waals surface area contributed by atoms with Crippen LogP contribution in [0.1, 0.15) is 0 Å². The van der Waals surface area contributed by atoms with E-state index < -0.39 is 24.0 Å². The van der Waals surface area contributed by atoms with E-state index in [-0.39, 0.29) is 11.5 Å². The summed E-state index contributed by atoms with van der Waals surface area (Å²) in [7, 11) is 0. The molecule has 140 valence electrons. The van der Waals surface area contributed by atoms with Crippen LogP contribution >= 0.6 is 25.3 Å². The van der Waals surface area contributed by atoms with E-state index in [4.69, 9.17) is 10.2 Å². The van der Waals surface area contributed by atoms with E-state index in [1.54, 1.807) is 0 Å². The quantitative estimate of drug-likeness (QED) is 0.385. The predicted octanol–water partition coefficient (Wildman–Crippen LogP) is 2.96. The van der Waals surface area contributed by atoms with E-state index in [0.29, 0.717) is 0 Å². The van der Waals surface area contributed by atoms with Crippen molar-refractivity contribution >= 4 is 48.6 Å². The first-order valence-corrected chi connectivity index (χ1v) is 9.05. The largest absolute Gasteiger partial charge is 0.480 e. The van der Waals surface area contributed by atoms with Crippen LogP contribution in [0.3, 0.4) is 0 Å². The highest BCUT2D eigenvalue weighted by Gasteiger charge is 2.14. The van der Waals surface area contributed by atoms with E-state index >= 15 is 0 Å². The molecule has 2 aromatic carbocycles. The van der Waals surface area contributed by atoms with Gasteiger partial charge in [-0.15, -0.1) is 0 Å². The molecule has 2 atom stereocenters. The van der Waals surface area contributed by atoms with Gasteiger partial charge in [-0.3, -0.25) is 0 Å². The van der Waals surface area contributed by atoms with Crippen molar-refractivity contribution in [2.45, 2.75) is 12.1 Å². The normalized spacial score (nSPS) is 12.1. The van der Waals surface area contributed by atoms with Crippen LogP contribution in [0.5, 0.6) is 0 Å². The third-order valence-corrected chi connectivity index (χ3v) is 3.92. The van der Waals surface area contributed by atoms with Crippen molar-refractivity contribution in [3.05, 3.63) is 60.7 Å². The molecule has 0 aliphatic heterocycles. The fourth-order valence-electron chi connectivity index (χ4n) is 1.84. The topological polar surface area (TPSA) is 98.7 Å². The Balaban J connectivity index is 0.000000260. The summed E-state index contributed by atoms with van der Waals surface area (Å²) >= 11 is 7.88. The van der Waals surface area contributed by atoms with Crippen LogP contribution < -0.4 is 10.6 Å². The Labute approximate surface area is 163 Å². The lowest BCUT2D eigenvalue weighted by Gasteiger charge is -2.12. The molecule has 0 radical (unpaired) electrons. The number of nitrogens with one attached hydrogen (secondary N) is 2. The summed E-state index contributed by atoms with van der Waals surface area (Å²) in [5, 5.41) is 23.2. The molecule has 0 saturated carbocycles. The molecule has 8 heteroatoms. The van der Waals surface area contributed by atoms with Crippen LogP contribution in [0.4, 0.5) is 11.4 Å². The molecule has 0 aromatic heterocycles. The zero-order chi connectivity index (χ0) is 19.4. The number of hydrogen-bond donors (Lipinski definition) is 6. The molecule has 2 aromatic rings. The van der Waals surface area contributed by atoms with E-state index in [0.717, 1.165) is 11.4 Å². The van der Waals surface area contributed by atoms with Crippen molar-refractivity contribution in [1.82, 2.24) is 0 Å². The number of carbonyl (C=O) groups is 2. The summed E-state index contributed by atoms with van der Waals surface area (Å²) in [6, 6.07) is 17.1. The molecule has 0 aliphatic rings. The third kappa shape index (κ3) is 8.17. The summed E-state index contributed by atoms with van der Waals surface area (Å²) in [5.74, 6) is -1.24. The van der Waals surface area contributed by atoms with Crippen molar-refractivity contribution in [2.75, 3.05) is 22.1 Å². The second kappa shape index (κ2) is 12.1. The minimum atomic E-state index is -0.890. The number of carboxylic acid groups (broad SMARTS) is 2. The Kier molecular flexibility index (Phi) is 10.1. The summed E-state index contributed by atoms with van der Waals surface area (Å²) in [6.45, 7) is 0. The van der Waals surface area contributed by atoms with Gasteiger partial charge in [0, 0.05) is 22.9 Å². The van der Waals surface area contributed by atoms with Gasteiger partial charge in [0.25, 0.3) is 0 Å². The van der Waals surface area contributed by atoms with E-state index in [1.807, 2.05) is 60.7 Å². The highest BCUT2D eigenvalue weighted by atomic mass is 32.1. The minimum Gasteiger partial charge on any atom is -0.480 e. The molecule has 26 heavy (non-hydrogen) atoms. The lowest BCUT2D eigenvalue weighted by atomic mass is 10.2. The fraction of sp³-hybridized carbons (Fsp3) is 0.222. The molecule has 0 fully saturated rings. The molecular weight excluding hydrogens is 372 g/mol. The first kappa shape index (κ1) is 21.7. The number of carboxylic acids is 2. The van der Waals surface area contributed by atoms with Gasteiger partial charge in [0.05, 0.1) is 0 Å². The van der Waals surface area contributed by atoms with E-state index in [1.165, 1.54) is 0 Å². The van der Waals surface area contributed by atoms with Crippen LogP contribution in [0.25, 0.3) is 0 Å². The fourth-order valence-corrected chi connectivity index (χ4v) is 2.34. The molecule has 0 saturated heterocycles. The minimum absolute atomic E-state index is 0.268. The van der Waals surface area contributed by atoms with Crippen LogP contribution in [0, 0.1) is 0 Å². The zero-order valence-corrected chi connectivity index (χ0v) is 15.7. The third-order valence-electron chi connectivity index (χ3n) is 3.19. The van der Waals surface area contributed by atoms with Gasteiger partial charge in [0.15, 0.2) is 0 Å². The number of benzene rings is 2. The molecular formula is C18H22N2O4S2. The molecule has 0 heterocycles. The number of thiol groups is 2. The molecule has 4 N–H and O–H groups in total. The summed E-state index contributed by atoms with van der Waals surface area (Å²) in [6.07, 6.45) is 0. The maximum atomic E-state index is 10.6. The number of anilines is 2. The maximum Gasteiger partial charge on any atom is 0.326 e. The van der Waals surface area contributed by atoms with Crippen molar-refractivity contribution in [2.24, 2.45) is 0 Å². The second-order valence-corrected chi connectivity index (χ2v) is 5.90. The van der Waals surface area contributed by atoms with Crippen LogP contribution in [-0.4, -0.2) is 45.7 Å². The van der Waals surface area contributed by atoms with Gasteiger partial charge in [0.2, 0.25) is 0 Å². The predicted molar refractivity (Wildman–Crippen MR) is 111 cm³/mol. The Bertz CT molecular complexity index is 612. The maximum absolute atomic E-state index is 10.6. The van der Waals surface area contributed by atoms with Gasteiger partial charge in [-0.2, -0.15) is 25.3 Å². The summed E-state index contributed by atoms with van der Waals surface area (Å²) in [4.78, 5) is 21.2. The smallest absolute Gasteiger partial charge is 0.326 e. The molecule has 0 spiro atoms. The lowest BCUT2D eigenvalue weighted by molar-refractivity contribution is -0.138. The Hall–Kier alpha value is -2.32. The average Bonchev–Trinajstić information content (AvgIpc) is 2.66. The lowest BCUT2D eigenvalue weighted by Crippen LogP contribution is -2.30. The van der Waals surface area contributed by atoms with Crippen LogP contribution in [-0.2, 0) is 9.59 Å². The van der Waals surface area contributed by atoms with Gasteiger partial charge >= 0.3 is 11.9 Å². The van der Waals surface area contributed by atoms with Crippen molar-refractivity contribution in [3.63, 3.8) is 0 Å². The highest BCUT2D eigenvalue weighted by Crippen LogP contribution is 2.08. The Morgan fingerprint density at radius 1 is 0.731 bits per heavy atom.